The Morgan fingerprint density at radius 2 is 1.41 bits per heavy atom. The van der Waals surface area contributed by atoms with E-state index in [2.05, 4.69) is 0 Å². The molecule has 0 heterocycles. The van der Waals surface area contributed by atoms with E-state index in [1.165, 1.54) is 0 Å². The van der Waals surface area contributed by atoms with Gasteiger partial charge in [0.25, 0.3) is 5.08 Å². The van der Waals surface area contributed by atoms with E-state index in [1.54, 1.807) is 11.9 Å². The normalized spacial score (nSPS) is 12.2. The van der Waals surface area contributed by atoms with E-state index in [0.717, 1.165) is 19.3 Å². The van der Waals surface area contributed by atoms with Crippen molar-refractivity contribution in [2.24, 2.45) is 0 Å². The molecule has 0 saturated carbocycles. The molecule has 0 fully saturated rings. The first-order valence-electron chi connectivity index (χ1n) is 5.98. The van der Waals surface area contributed by atoms with E-state index in [0.29, 0.717) is 6.54 Å². The summed E-state index contributed by atoms with van der Waals surface area (Å²) in [6.45, 7) is 2.64. The van der Waals surface area contributed by atoms with Crippen molar-refractivity contribution >= 4 is 82.5 Å². The zero-order valence-corrected chi connectivity index (χ0v) is 13.4. The second-order valence-electron chi connectivity index (χ2n) is 4.62. The molecule has 0 saturated heterocycles. The Hall–Kier alpha value is 2.44. The Morgan fingerprint density at radius 1 is 1.00 bits per heavy atom. The van der Waals surface area contributed by atoms with Crippen LogP contribution in [0.1, 0.15) is 32.6 Å². The van der Waals surface area contributed by atoms with Gasteiger partial charge in [-0.05, 0) is 20.0 Å². The number of aliphatic hydroxyl groups is 1. The van der Waals surface area contributed by atoms with Crippen LogP contribution in [0.25, 0.3) is 0 Å². The van der Waals surface area contributed by atoms with Crippen LogP contribution < -0.4 is 0 Å². The molecular formula is C9H28CaNNaO8P2. The fourth-order valence-electron chi connectivity index (χ4n) is 1.55. The third kappa shape index (κ3) is 10.4. The second-order valence-corrected chi connectivity index (χ2v) is 8.63. The quantitative estimate of drug-likeness (QED) is 0.169. The van der Waals surface area contributed by atoms with E-state index in [9.17, 15) is 14.2 Å². The van der Waals surface area contributed by atoms with Gasteiger partial charge in [0, 0.05) is 13.0 Å². The van der Waals surface area contributed by atoms with Gasteiger partial charge in [-0.3, -0.25) is 9.13 Å². The van der Waals surface area contributed by atoms with Gasteiger partial charge < -0.3 is 35.1 Å². The summed E-state index contributed by atoms with van der Waals surface area (Å²) in [5, 5.41) is 6.35. The van der Waals surface area contributed by atoms with Crippen LogP contribution >= 0.6 is 15.2 Å². The summed E-state index contributed by atoms with van der Waals surface area (Å²) in [5.74, 6) is 0. The van der Waals surface area contributed by atoms with Crippen LogP contribution in [-0.2, 0) is 9.13 Å². The molecule has 0 aliphatic heterocycles. The van der Waals surface area contributed by atoms with E-state index >= 15 is 0 Å². The van der Waals surface area contributed by atoms with Crippen molar-refractivity contribution in [2.45, 2.75) is 37.7 Å². The predicted molar refractivity (Wildman–Crippen MR) is 90.0 cm³/mol. The van der Waals surface area contributed by atoms with Gasteiger partial charge in [-0.1, -0.05) is 19.8 Å². The molecule has 0 aliphatic carbocycles. The molecule has 0 radical (unpaired) electrons. The minimum absolute atomic E-state index is 0. The Labute approximate surface area is 182 Å². The van der Waals surface area contributed by atoms with Crippen molar-refractivity contribution in [3.8, 4) is 0 Å². The van der Waals surface area contributed by atoms with Gasteiger partial charge in [0.05, 0.1) is 0 Å². The molecule has 0 aromatic carbocycles. The molecule has 0 bridgehead atoms. The third-order valence-electron chi connectivity index (χ3n) is 2.91. The van der Waals surface area contributed by atoms with Gasteiger partial charge >= 0.3 is 82.5 Å². The van der Waals surface area contributed by atoms with Gasteiger partial charge in [-0.25, -0.2) is 0 Å². The second kappa shape index (κ2) is 13.6. The van der Waals surface area contributed by atoms with E-state index < -0.39 is 26.7 Å². The molecule has 0 atom stereocenters. The zero-order valence-electron chi connectivity index (χ0n) is 11.6. The van der Waals surface area contributed by atoms with E-state index in [1.807, 2.05) is 6.92 Å². The first-order chi connectivity index (χ1) is 8.45. The molecule has 130 valence electrons. The van der Waals surface area contributed by atoms with Crippen molar-refractivity contribution in [1.29, 1.82) is 0 Å². The molecule has 0 rings (SSSR count). The average Bonchev–Trinajstić information content (AvgIpc) is 2.23. The van der Waals surface area contributed by atoms with Crippen LogP contribution in [0.2, 0.25) is 0 Å². The Morgan fingerprint density at radius 3 is 1.73 bits per heavy atom. The molecule has 22 heavy (non-hydrogen) atoms. The summed E-state index contributed by atoms with van der Waals surface area (Å²) in [6, 6.07) is 0. The monoisotopic (exact) mass is 403 g/mol. The van der Waals surface area contributed by atoms with Crippen LogP contribution in [0, 0.1) is 0 Å². The van der Waals surface area contributed by atoms with Crippen LogP contribution in [0.15, 0.2) is 0 Å². The Bertz CT molecular complexity index is 355. The molecule has 0 aliphatic rings. The van der Waals surface area contributed by atoms with Gasteiger partial charge in [-0.2, -0.15) is 0 Å². The Kier molecular flexibility index (Phi) is 19.9. The topological polar surface area (TPSA) is 170 Å². The zero-order chi connectivity index (χ0) is 15.3. The van der Waals surface area contributed by atoms with Gasteiger partial charge in [0.15, 0.2) is 0 Å². The van der Waals surface area contributed by atoms with Crippen molar-refractivity contribution in [2.75, 3.05) is 20.1 Å². The van der Waals surface area contributed by atoms with E-state index in [-0.39, 0.29) is 79.3 Å². The first-order valence-corrected chi connectivity index (χ1v) is 9.20. The summed E-state index contributed by atoms with van der Waals surface area (Å²) < 4.78 is 22.2. The van der Waals surface area contributed by atoms with Crippen molar-refractivity contribution in [3.63, 3.8) is 0 Å². The van der Waals surface area contributed by atoms with Crippen LogP contribution in [0.5, 0.6) is 0 Å². The molecule has 0 unspecified atom stereocenters. The molecule has 0 aromatic heterocycles. The molecule has 7 N–H and O–H groups in total. The number of hydrogen-bond donors (Lipinski definition) is 5. The molecule has 0 spiro atoms. The maximum absolute atomic E-state index is 11.1. The molecular weight excluding hydrogens is 375 g/mol. The number of unbranched alkanes of at least 4 members (excludes halogenated alkanes) is 2. The van der Waals surface area contributed by atoms with Crippen LogP contribution in [-0.4, -0.2) is 128 Å². The number of hydrogen-bond acceptors (Lipinski definition) is 4. The summed E-state index contributed by atoms with van der Waals surface area (Å²) in [6.07, 6.45) is 2.19. The molecule has 0 aromatic rings. The first kappa shape index (κ1) is 32.1. The predicted octanol–water partition coefficient (Wildman–Crippen LogP) is -1.89. The fourth-order valence-corrected chi connectivity index (χ4v) is 3.69. The number of nitrogens with zero attached hydrogens (tertiary/aromatic N) is 1. The van der Waals surface area contributed by atoms with E-state index in [4.69, 9.17) is 19.6 Å². The molecule has 13 heteroatoms. The Balaban J connectivity index is -0.000000540. The van der Waals surface area contributed by atoms with Crippen LogP contribution in [0.3, 0.4) is 0 Å². The fraction of sp³-hybridized carbons (Fsp3) is 1.00. The third-order valence-corrected chi connectivity index (χ3v) is 6.78. The maximum atomic E-state index is 11.1. The minimum atomic E-state index is -5.33. The number of rotatable bonds is 9. The van der Waals surface area contributed by atoms with Gasteiger partial charge in [0.1, 0.15) is 0 Å². The SMILES string of the molecule is CCCCCN(C)CCC(O)(P(=O)(O)O)P(=O)(O)O.O.[CaH2].[NaH]. The van der Waals surface area contributed by atoms with Crippen molar-refractivity contribution in [3.05, 3.63) is 0 Å². The molecule has 9 nitrogen and oxygen atoms in total. The van der Waals surface area contributed by atoms with Crippen LogP contribution in [0.4, 0.5) is 0 Å². The summed E-state index contributed by atoms with van der Waals surface area (Å²) in [4.78, 5) is 37.5. The summed E-state index contributed by atoms with van der Waals surface area (Å²) in [5.41, 5.74) is 0. The summed E-state index contributed by atoms with van der Waals surface area (Å²) >= 11 is 0. The summed E-state index contributed by atoms with van der Waals surface area (Å²) in [7, 11) is -9.00. The van der Waals surface area contributed by atoms with Crippen molar-refractivity contribution in [1.82, 2.24) is 4.90 Å². The van der Waals surface area contributed by atoms with Gasteiger partial charge in [0.2, 0.25) is 0 Å². The standard InChI is InChI=1S/C9H23NO7P2.Ca.Na.H2O.3H/c1-3-4-5-7-10(2)8-6-9(11,18(12,13)14)19(15,16)17;;;;;;/h11H,3-8H2,1-2H3,(H2,12,13,14)(H2,15,16,17);;;1H2;;;. The average molecular weight is 403 g/mol. The molecule has 0 amide bonds. The van der Waals surface area contributed by atoms with Gasteiger partial charge in [-0.15, -0.1) is 0 Å². The van der Waals surface area contributed by atoms with Crippen molar-refractivity contribution < 1.29 is 39.3 Å².